The molecular weight excluding hydrogens is 398 g/mol. The van der Waals surface area contributed by atoms with E-state index in [-0.39, 0.29) is 24.8 Å². The van der Waals surface area contributed by atoms with E-state index in [0.717, 1.165) is 31.6 Å². The van der Waals surface area contributed by atoms with Gasteiger partial charge in [0.1, 0.15) is 5.82 Å². The molecule has 4 heterocycles. The van der Waals surface area contributed by atoms with Gasteiger partial charge in [0.05, 0.1) is 11.6 Å². The highest BCUT2D eigenvalue weighted by Gasteiger charge is 2.50. The van der Waals surface area contributed by atoms with Gasteiger partial charge in [-0.2, -0.15) is 15.1 Å². The lowest BCUT2D eigenvalue weighted by atomic mass is 9.77. The van der Waals surface area contributed by atoms with E-state index in [1.807, 2.05) is 7.05 Å². The van der Waals surface area contributed by atoms with Gasteiger partial charge in [-0.1, -0.05) is 0 Å². The summed E-state index contributed by atoms with van der Waals surface area (Å²) in [6.45, 7) is 2.81. The number of aromatic nitrogens is 4. The molecule has 0 spiro atoms. The minimum atomic E-state index is -0.745. The van der Waals surface area contributed by atoms with Gasteiger partial charge in [-0.3, -0.25) is 19.1 Å². The smallest absolute Gasteiger partial charge is 0.303 e. The molecule has 13 nitrogen and oxygen atoms in total. The summed E-state index contributed by atoms with van der Waals surface area (Å²) in [7, 11) is 1.83. The number of anilines is 2. The van der Waals surface area contributed by atoms with E-state index in [1.165, 1.54) is 0 Å². The first-order valence-corrected chi connectivity index (χ1v) is 9.10. The summed E-state index contributed by atoms with van der Waals surface area (Å²) < 4.78 is 1.69. The largest absolute Gasteiger partial charge is 0.483 e. The van der Waals surface area contributed by atoms with Crippen LogP contribution in [0.4, 0.5) is 11.8 Å². The minimum Gasteiger partial charge on any atom is -0.483 e. The number of carboxylic acid groups (broad SMARTS) is 3. The Balaban J connectivity index is 0.000000480. The first-order chi connectivity index (χ1) is 14.3. The van der Waals surface area contributed by atoms with E-state index in [1.54, 1.807) is 10.9 Å². The first-order valence-electron chi connectivity index (χ1n) is 9.10. The zero-order chi connectivity index (χ0) is 22.3. The van der Waals surface area contributed by atoms with Crippen molar-refractivity contribution >= 4 is 41.7 Å². The molecule has 2 aromatic heterocycles. The molecule has 164 valence electrons. The number of aliphatic carboxylic acids is 1. The zero-order valence-electron chi connectivity index (χ0n) is 16.4. The third-order valence-electron chi connectivity index (χ3n) is 5.41. The topological polar surface area (TPSA) is 197 Å². The second-order valence-corrected chi connectivity index (χ2v) is 7.09. The van der Waals surface area contributed by atoms with Gasteiger partial charge in [-0.05, 0) is 12.3 Å². The van der Waals surface area contributed by atoms with Crippen LogP contribution in [0.25, 0.3) is 11.0 Å². The molecule has 0 amide bonds. The number of nitrogens with two attached hydrogens (primary N) is 1. The third-order valence-corrected chi connectivity index (χ3v) is 5.41. The number of carbonyl (C=O) groups is 3. The molecule has 13 heteroatoms. The fourth-order valence-electron chi connectivity index (χ4n) is 4.06. The van der Waals surface area contributed by atoms with Crippen molar-refractivity contribution in [3.63, 3.8) is 0 Å². The Morgan fingerprint density at radius 1 is 1.37 bits per heavy atom. The Bertz CT molecular complexity index is 898. The van der Waals surface area contributed by atoms with Crippen molar-refractivity contribution in [2.45, 2.75) is 12.8 Å². The fourth-order valence-corrected chi connectivity index (χ4v) is 4.06. The van der Waals surface area contributed by atoms with Crippen LogP contribution in [0.15, 0.2) is 6.20 Å². The SMILES string of the molecule is Cn1ncc2c(N)nc(N3CC4CNCC4(CCC(=O)O)C3)nc21.O=CO.O=CO. The second-order valence-electron chi connectivity index (χ2n) is 7.09. The maximum Gasteiger partial charge on any atom is 0.303 e. The van der Waals surface area contributed by atoms with Crippen LogP contribution < -0.4 is 16.0 Å². The zero-order valence-corrected chi connectivity index (χ0v) is 16.4. The van der Waals surface area contributed by atoms with Gasteiger partial charge in [-0.15, -0.1) is 0 Å². The Labute approximate surface area is 171 Å². The van der Waals surface area contributed by atoms with E-state index in [2.05, 4.69) is 25.3 Å². The van der Waals surface area contributed by atoms with Crippen LogP contribution in [0.5, 0.6) is 0 Å². The lowest BCUT2D eigenvalue weighted by Gasteiger charge is -2.27. The lowest BCUT2D eigenvalue weighted by molar-refractivity contribution is -0.137. The standard InChI is InChI=1S/C15H21N7O2.2CH2O2/c1-21-13-10(5-18-21)12(16)19-14(20-13)22-6-9-4-17-7-15(9,8-22)3-2-11(23)24;2*2-1-3/h5,9,17H,2-4,6-8H2,1H3,(H,23,24)(H2,16,19,20);2*1H,(H,2,3). The Kier molecular flexibility index (Phi) is 7.47. The minimum absolute atomic E-state index is 0.0298. The molecule has 4 rings (SSSR count). The van der Waals surface area contributed by atoms with E-state index in [0.29, 0.717) is 29.8 Å². The number of nitrogen functional groups attached to an aromatic ring is 1. The van der Waals surface area contributed by atoms with Crippen LogP contribution in [0.1, 0.15) is 12.8 Å². The van der Waals surface area contributed by atoms with Crippen LogP contribution in [0.3, 0.4) is 0 Å². The number of hydrogen-bond acceptors (Lipinski definition) is 9. The average Bonchev–Trinajstić information content (AvgIpc) is 3.34. The van der Waals surface area contributed by atoms with Crippen LogP contribution >= 0.6 is 0 Å². The van der Waals surface area contributed by atoms with Crippen molar-refractivity contribution in [2.75, 3.05) is 36.8 Å². The molecule has 0 bridgehead atoms. The number of carboxylic acids is 1. The number of nitrogens with one attached hydrogen (secondary N) is 1. The molecule has 2 atom stereocenters. The highest BCUT2D eigenvalue weighted by atomic mass is 16.4. The van der Waals surface area contributed by atoms with Crippen molar-refractivity contribution in [2.24, 2.45) is 18.4 Å². The molecule has 2 fully saturated rings. The Morgan fingerprint density at radius 2 is 2.03 bits per heavy atom. The van der Waals surface area contributed by atoms with Gasteiger partial charge < -0.3 is 31.3 Å². The quantitative estimate of drug-likeness (QED) is 0.386. The van der Waals surface area contributed by atoms with Gasteiger partial charge in [0.2, 0.25) is 5.95 Å². The molecular formula is C17H25N7O6. The summed E-state index contributed by atoms with van der Waals surface area (Å²) in [5.74, 6) is 0.694. The number of aryl methyl sites for hydroxylation is 1. The summed E-state index contributed by atoms with van der Waals surface area (Å²) >= 11 is 0. The fraction of sp³-hybridized carbons (Fsp3) is 0.529. The molecule has 0 aromatic carbocycles. The van der Waals surface area contributed by atoms with E-state index in [9.17, 15) is 4.79 Å². The number of nitrogens with zero attached hydrogens (tertiary/aromatic N) is 5. The molecule has 2 unspecified atom stereocenters. The summed E-state index contributed by atoms with van der Waals surface area (Å²) in [5, 5.41) is 31.2. The molecule has 0 radical (unpaired) electrons. The van der Waals surface area contributed by atoms with Crippen LogP contribution in [-0.2, 0) is 21.4 Å². The first kappa shape index (κ1) is 22.8. The highest BCUT2D eigenvalue weighted by molar-refractivity contribution is 5.86. The Morgan fingerprint density at radius 3 is 2.67 bits per heavy atom. The van der Waals surface area contributed by atoms with Crippen LogP contribution in [0, 0.1) is 11.3 Å². The van der Waals surface area contributed by atoms with Crippen molar-refractivity contribution < 1.29 is 29.7 Å². The summed E-state index contributed by atoms with van der Waals surface area (Å²) in [5.41, 5.74) is 6.75. The number of fused-ring (bicyclic) bond motifs is 2. The predicted octanol–water partition coefficient (Wildman–Crippen LogP) is -0.762. The maximum atomic E-state index is 11.0. The summed E-state index contributed by atoms with van der Waals surface area (Å²) in [6.07, 6.45) is 2.53. The van der Waals surface area contributed by atoms with Crippen molar-refractivity contribution in [3.05, 3.63) is 6.20 Å². The van der Waals surface area contributed by atoms with E-state index >= 15 is 0 Å². The van der Waals surface area contributed by atoms with E-state index < -0.39 is 5.97 Å². The summed E-state index contributed by atoms with van der Waals surface area (Å²) in [4.78, 5) is 38.9. The van der Waals surface area contributed by atoms with Gasteiger partial charge >= 0.3 is 5.97 Å². The molecule has 2 aliphatic rings. The van der Waals surface area contributed by atoms with Crippen molar-refractivity contribution in [3.8, 4) is 0 Å². The van der Waals surface area contributed by atoms with Gasteiger partial charge in [-0.25, -0.2) is 0 Å². The second kappa shape index (κ2) is 9.82. The van der Waals surface area contributed by atoms with Gasteiger partial charge in [0.25, 0.3) is 12.9 Å². The molecule has 2 aliphatic heterocycles. The van der Waals surface area contributed by atoms with Gasteiger partial charge in [0, 0.05) is 45.1 Å². The molecule has 30 heavy (non-hydrogen) atoms. The molecule has 0 saturated carbocycles. The van der Waals surface area contributed by atoms with E-state index in [4.69, 9.17) is 30.6 Å². The number of rotatable bonds is 4. The average molecular weight is 423 g/mol. The molecule has 0 aliphatic carbocycles. The summed E-state index contributed by atoms with van der Waals surface area (Å²) in [6, 6.07) is 0. The maximum absolute atomic E-state index is 11.0. The number of hydrogen-bond donors (Lipinski definition) is 5. The van der Waals surface area contributed by atoms with Gasteiger partial charge in [0.15, 0.2) is 5.65 Å². The molecule has 2 saturated heterocycles. The van der Waals surface area contributed by atoms with Crippen molar-refractivity contribution in [1.29, 1.82) is 0 Å². The molecule has 6 N–H and O–H groups in total. The normalized spacial score (nSPS) is 21.8. The monoisotopic (exact) mass is 423 g/mol. The van der Waals surface area contributed by atoms with Crippen molar-refractivity contribution in [1.82, 2.24) is 25.1 Å². The Hall–Kier alpha value is -3.48. The predicted molar refractivity (Wildman–Crippen MR) is 106 cm³/mol. The van der Waals surface area contributed by atoms with Crippen LogP contribution in [0.2, 0.25) is 0 Å². The highest BCUT2D eigenvalue weighted by Crippen LogP contribution is 2.43. The molecule has 2 aromatic rings. The lowest BCUT2D eigenvalue weighted by Crippen LogP contribution is -2.34. The van der Waals surface area contributed by atoms with Crippen LogP contribution in [-0.4, -0.2) is 80.2 Å². The third kappa shape index (κ3) is 4.74.